The second-order valence-corrected chi connectivity index (χ2v) is 4.12. The van der Waals surface area contributed by atoms with Crippen LogP contribution < -0.4 is 5.32 Å². The van der Waals surface area contributed by atoms with Crippen molar-refractivity contribution in [3.05, 3.63) is 52.2 Å². The van der Waals surface area contributed by atoms with Gasteiger partial charge in [-0.2, -0.15) is 0 Å². The average Bonchev–Trinajstić information content (AvgIpc) is 2.78. The summed E-state index contributed by atoms with van der Waals surface area (Å²) in [7, 11) is 0. The topological polar surface area (TPSA) is 83.8 Å². The molecule has 0 spiro atoms. The second-order valence-electron chi connectivity index (χ2n) is 4.12. The highest BCUT2D eigenvalue weighted by Gasteiger charge is 2.16. The van der Waals surface area contributed by atoms with Crippen molar-refractivity contribution in [3.8, 4) is 0 Å². The van der Waals surface area contributed by atoms with Crippen LogP contribution in [-0.2, 0) is 6.42 Å². The Bertz CT molecular complexity index is 524. The first-order valence-electron chi connectivity index (χ1n) is 5.65. The number of H-pyrrole nitrogens is 1. The van der Waals surface area contributed by atoms with E-state index in [2.05, 4.69) is 15.5 Å². The summed E-state index contributed by atoms with van der Waals surface area (Å²) >= 11 is 0. The molecule has 0 aliphatic rings. The quantitative estimate of drug-likeness (QED) is 0.626. The van der Waals surface area contributed by atoms with Gasteiger partial charge in [-0.25, -0.2) is 0 Å². The van der Waals surface area contributed by atoms with Crippen LogP contribution in [0.4, 0.5) is 11.5 Å². The van der Waals surface area contributed by atoms with Crippen LogP contribution in [-0.4, -0.2) is 21.2 Å². The molecule has 6 heteroatoms. The Hall–Kier alpha value is -2.37. The van der Waals surface area contributed by atoms with E-state index in [1.165, 1.54) is 11.8 Å². The number of nitro groups is 1. The number of hydrogen-bond acceptors (Lipinski definition) is 4. The van der Waals surface area contributed by atoms with E-state index < -0.39 is 4.92 Å². The average molecular weight is 246 g/mol. The van der Waals surface area contributed by atoms with Crippen LogP contribution in [0, 0.1) is 10.1 Å². The monoisotopic (exact) mass is 246 g/mol. The molecule has 1 aromatic carbocycles. The van der Waals surface area contributed by atoms with Crippen LogP contribution in [0.3, 0.4) is 0 Å². The Morgan fingerprint density at radius 3 is 2.83 bits per heavy atom. The van der Waals surface area contributed by atoms with E-state index in [-0.39, 0.29) is 11.9 Å². The van der Waals surface area contributed by atoms with E-state index in [9.17, 15) is 10.1 Å². The number of nitrogens with one attached hydrogen (secondary N) is 2. The second kappa shape index (κ2) is 5.31. The first-order valence-corrected chi connectivity index (χ1v) is 5.65. The summed E-state index contributed by atoms with van der Waals surface area (Å²) in [5.74, 6) is -0.102. The van der Waals surface area contributed by atoms with Crippen LogP contribution in [0.1, 0.15) is 12.5 Å². The van der Waals surface area contributed by atoms with Crippen LogP contribution in [0.2, 0.25) is 0 Å². The van der Waals surface area contributed by atoms with E-state index >= 15 is 0 Å². The zero-order valence-corrected chi connectivity index (χ0v) is 9.96. The molecular weight excluding hydrogens is 232 g/mol. The number of aromatic nitrogens is 2. The fourth-order valence-electron chi connectivity index (χ4n) is 1.81. The van der Waals surface area contributed by atoms with Gasteiger partial charge >= 0.3 is 5.82 Å². The minimum Gasteiger partial charge on any atom is -0.374 e. The smallest absolute Gasteiger partial charge is 0.366 e. The molecule has 1 heterocycles. The standard InChI is InChI=1S/C12H14N4O2/c1-9(7-10-5-3-2-4-6-10)14-11-8-13-15-12(11)16(17)18/h2-6,8-9,14H,7H2,1H3,(H,13,15). The molecule has 1 aromatic heterocycles. The van der Waals surface area contributed by atoms with Gasteiger partial charge in [0.25, 0.3) is 0 Å². The lowest BCUT2D eigenvalue weighted by Gasteiger charge is -2.13. The maximum absolute atomic E-state index is 10.7. The molecule has 18 heavy (non-hydrogen) atoms. The summed E-state index contributed by atoms with van der Waals surface area (Å²) in [5.41, 5.74) is 1.60. The molecule has 6 nitrogen and oxygen atoms in total. The zero-order valence-electron chi connectivity index (χ0n) is 9.96. The Morgan fingerprint density at radius 2 is 2.17 bits per heavy atom. The largest absolute Gasteiger partial charge is 0.374 e. The van der Waals surface area contributed by atoms with Gasteiger partial charge in [-0.3, -0.25) is 0 Å². The normalized spacial score (nSPS) is 12.1. The van der Waals surface area contributed by atoms with E-state index in [1.54, 1.807) is 0 Å². The van der Waals surface area contributed by atoms with Crippen molar-refractivity contribution in [2.24, 2.45) is 0 Å². The summed E-state index contributed by atoms with van der Waals surface area (Å²) < 4.78 is 0. The van der Waals surface area contributed by atoms with Gasteiger partial charge in [-0.05, 0) is 23.8 Å². The van der Waals surface area contributed by atoms with E-state index in [0.29, 0.717) is 5.69 Å². The molecule has 0 saturated carbocycles. The van der Waals surface area contributed by atoms with Crippen LogP contribution >= 0.6 is 0 Å². The summed E-state index contributed by atoms with van der Waals surface area (Å²) in [6.07, 6.45) is 2.23. The van der Waals surface area contributed by atoms with Crippen molar-refractivity contribution in [1.29, 1.82) is 0 Å². The number of rotatable bonds is 5. The van der Waals surface area contributed by atoms with E-state index in [1.807, 2.05) is 37.3 Å². The maximum Gasteiger partial charge on any atom is 0.366 e. The highest BCUT2D eigenvalue weighted by Crippen LogP contribution is 2.21. The number of anilines is 1. The number of nitrogens with zero attached hydrogens (tertiary/aromatic N) is 2. The Morgan fingerprint density at radius 1 is 1.44 bits per heavy atom. The summed E-state index contributed by atoms with van der Waals surface area (Å²) in [6.45, 7) is 1.98. The molecule has 0 fully saturated rings. The van der Waals surface area contributed by atoms with Gasteiger partial charge in [0.2, 0.25) is 0 Å². The highest BCUT2D eigenvalue weighted by atomic mass is 16.6. The minimum absolute atomic E-state index is 0.0868. The van der Waals surface area contributed by atoms with Crippen molar-refractivity contribution in [2.75, 3.05) is 5.32 Å². The predicted molar refractivity (Wildman–Crippen MR) is 68.5 cm³/mol. The summed E-state index contributed by atoms with van der Waals surface area (Å²) in [6, 6.07) is 10.1. The molecule has 1 atom stereocenters. The molecule has 2 rings (SSSR count). The Kier molecular flexibility index (Phi) is 3.57. The van der Waals surface area contributed by atoms with Gasteiger partial charge in [-0.15, -0.1) is 5.10 Å². The van der Waals surface area contributed by atoms with Gasteiger partial charge in [0.15, 0.2) is 5.69 Å². The molecule has 0 bridgehead atoms. The van der Waals surface area contributed by atoms with Crippen molar-refractivity contribution < 1.29 is 4.92 Å². The molecule has 0 amide bonds. The first-order chi connectivity index (χ1) is 8.66. The number of hydrogen-bond donors (Lipinski definition) is 2. The number of aromatic amines is 1. The molecule has 0 radical (unpaired) electrons. The van der Waals surface area contributed by atoms with Crippen LogP contribution in [0.15, 0.2) is 36.5 Å². The molecule has 2 aromatic rings. The zero-order chi connectivity index (χ0) is 13.0. The highest BCUT2D eigenvalue weighted by molar-refractivity contribution is 5.56. The Balaban J connectivity index is 2.01. The SMILES string of the molecule is CC(Cc1ccccc1)Nc1cn[nH]c1[N+](=O)[O-]. The number of benzene rings is 1. The van der Waals surface area contributed by atoms with Gasteiger partial charge in [0, 0.05) is 6.04 Å². The van der Waals surface area contributed by atoms with Crippen LogP contribution in [0.5, 0.6) is 0 Å². The molecule has 94 valence electrons. The van der Waals surface area contributed by atoms with E-state index in [0.717, 1.165) is 6.42 Å². The van der Waals surface area contributed by atoms with Crippen molar-refractivity contribution in [2.45, 2.75) is 19.4 Å². The summed E-state index contributed by atoms with van der Waals surface area (Å²) in [5, 5.41) is 19.8. The summed E-state index contributed by atoms with van der Waals surface area (Å²) in [4.78, 5) is 10.2. The lowest BCUT2D eigenvalue weighted by Crippen LogP contribution is -2.18. The minimum atomic E-state index is -0.482. The molecule has 0 saturated heterocycles. The Labute approximate surface area is 104 Å². The molecular formula is C12H14N4O2. The predicted octanol–water partition coefficient (Wildman–Crippen LogP) is 2.36. The lowest BCUT2D eigenvalue weighted by molar-refractivity contribution is -0.388. The van der Waals surface area contributed by atoms with Gasteiger partial charge in [0.05, 0.1) is 0 Å². The van der Waals surface area contributed by atoms with Gasteiger partial charge in [0.1, 0.15) is 6.20 Å². The molecule has 0 aliphatic heterocycles. The van der Waals surface area contributed by atoms with Crippen molar-refractivity contribution >= 4 is 11.5 Å². The molecule has 0 aliphatic carbocycles. The lowest BCUT2D eigenvalue weighted by atomic mass is 10.1. The first kappa shape index (κ1) is 12.1. The van der Waals surface area contributed by atoms with Gasteiger partial charge in [-0.1, -0.05) is 35.4 Å². The molecule has 1 unspecified atom stereocenters. The third-order valence-corrected chi connectivity index (χ3v) is 2.59. The fraction of sp³-hybridized carbons (Fsp3) is 0.250. The molecule has 2 N–H and O–H groups in total. The maximum atomic E-state index is 10.7. The third-order valence-electron chi connectivity index (χ3n) is 2.59. The van der Waals surface area contributed by atoms with E-state index in [4.69, 9.17) is 0 Å². The van der Waals surface area contributed by atoms with Crippen LogP contribution in [0.25, 0.3) is 0 Å². The van der Waals surface area contributed by atoms with Crippen molar-refractivity contribution in [1.82, 2.24) is 10.2 Å². The van der Waals surface area contributed by atoms with Gasteiger partial charge < -0.3 is 15.4 Å². The van der Waals surface area contributed by atoms with Crippen molar-refractivity contribution in [3.63, 3.8) is 0 Å². The third kappa shape index (κ3) is 2.85. The fourth-order valence-corrected chi connectivity index (χ4v) is 1.81.